The van der Waals surface area contributed by atoms with E-state index in [-0.39, 0.29) is 19.3 Å². The van der Waals surface area contributed by atoms with Crippen LogP contribution in [0.3, 0.4) is 0 Å². The molecular formula is C14H19O9. The zero-order valence-electron chi connectivity index (χ0n) is 13.3. The number of hydrogen-bond donors (Lipinski definition) is 0. The predicted molar refractivity (Wildman–Crippen MR) is 72.5 cm³/mol. The molecule has 0 bridgehead atoms. The summed E-state index contributed by atoms with van der Waals surface area (Å²) in [5.74, 6) is -2.51. The van der Waals surface area contributed by atoms with Gasteiger partial charge in [0.05, 0.1) is 6.61 Å². The largest absolute Gasteiger partial charge is 0.463 e. The maximum Gasteiger partial charge on any atom is 0.303 e. The molecule has 1 aliphatic rings. The van der Waals surface area contributed by atoms with Crippen molar-refractivity contribution in [1.82, 2.24) is 0 Å². The minimum absolute atomic E-state index is 0.0912. The fourth-order valence-electron chi connectivity index (χ4n) is 1.98. The molecule has 1 saturated heterocycles. The Balaban J connectivity index is 2.98. The number of carbonyl (C=O) groups excluding carboxylic acids is 4. The van der Waals surface area contributed by atoms with Crippen LogP contribution in [-0.2, 0) is 42.9 Å². The fourth-order valence-corrected chi connectivity index (χ4v) is 1.98. The van der Waals surface area contributed by atoms with Gasteiger partial charge in [-0.1, -0.05) is 0 Å². The van der Waals surface area contributed by atoms with Crippen LogP contribution in [0, 0.1) is 6.10 Å². The summed E-state index contributed by atoms with van der Waals surface area (Å²) in [6, 6.07) is 0. The maximum atomic E-state index is 11.3. The molecule has 1 aliphatic heterocycles. The molecular weight excluding hydrogens is 312 g/mol. The summed E-state index contributed by atoms with van der Waals surface area (Å²) in [4.78, 5) is 44.7. The van der Waals surface area contributed by atoms with Gasteiger partial charge in [0.1, 0.15) is 12.7 Å². The molecule has 1 rings (SSSR count). The van der Waals surface area contributed by atoms with Crippen molar-refractivity contribution >= 4 is 23.9 Å². The van der Waals surface area contributed by atoms with E-state index in [0.717, 1.165) is 13.8 Å². The third-order valence-electron chi connectivity index (χ3n) is 2.71. The minimum Gasteiger partial charge on any atom is -0.463 e. The van der Waals surface area contributed by atoms with Crippen LogP contribution < -0.4 is 0 Å². The summed E-state index contributed by atoms with van der Waals surface area (Å²) in [6.45, 7) is 4.35. The Morgan fingerprint density at radius 2 is 1.57 bits per heavy atom. The van der Waals surface area contributed by atoms with Gasteiger partial charge in [-0.15, -0.1) is 0 Å². The van der Waals surface area contributed by atoms with Crippen molar-refractivity contribution in [2.45, 2.75) is 46.0 Å². The van der Waals surface area contributed by atoms with E-state index in [0.29, 0.717) is 0 Å². The van der Waals surface area contributed by atoms with Crippen molar-refractivity contribution in [3.05, 3.63) is 6.10 Å². The van der Waals surface area contributed by atoms with Gasteiger partial charge in [0.2, 0.25) is 6.10 Å². The topological polar surface area (TPSA) is 114 Å². The summed E-state index contributed by atoms with van der Waals surface area (Å²) >= 11 is 0. The Kier molecular flexibility index (Phi) is 6.95. The predicted octanol–water partition coefficient (Wildman–Crippen LogP) is -0.0932. The van der Waals surface area contributed by atoms with E-state index < -0.39 is 42.2 Å². The second-order valence-corrected chi connectivity index (χ2v) is 4.80. The summed E-state index contributed by atoms with van der Waals surface area (Å²) < 4.78 is 25.4. The van der Waals surface area contributed by atoms with Gasteiger partial charge in [-0.3, -0.25) is 19.2 Å². The van der Waals surface area contributed by atoms with Gasteiger partial charge in [0, 0.05) is 27.7 Å². The highest BCUT2D eigenvalue weighted by Gasteiger charge is 2.48. The molecule has 129 valence electrons. The highest BCUT2D eigenvalue weighted by atomic mass is 16.7. The molecule has 0 amide bonds. The van der Waals surface area contributed by atoms with E-state index in [9.17, 15) is 19.2 Å². The Hall–Kier alpha value is -2.16. The van der Waals surface area contributed by atoms with Gasteiger partial charge in [0.25, 0.3) is 0 Å². The van der Waals surface area contributed by atoms with Gasteiger partial charge in [-0.25, -0.2) is 0 Å². The summed E-state index contributed by atoms with van der Waals surface area (Å²) in [7, 11) is 0. The third-order valence-corrected chi connectivity index (χ3v) is 2.71. The molecule has 0 aromatic heterocycles. The fraction of sp³-hybridized carbons (Fsp3) is 0.643. The number of rotatable bonds is 5. The quantitative estimate of drug-likeness (QED) is 0.503. The minimum atomic E-state index is -1.14. The van der Waals surface area contributed by atoms with Crippen molar-refractivity contribution in [3.8, 4) is 0 Å². The van der Waals surface area contributed by atoms with E-state index in [4.69, 9.17) is 23.7 Å². The standard InChI is InChI=1S/C14H19O9/c1-7(15)19-5-11-13(22-9(3)17)14(23-10(4)18)12(6-20-11)21-8(2)16/h11-12,14H,5-6H2,1-4H3/t11-,12-,14-/m1/s1. The Morgan fingerprint density at radius 1 is 0.957 bits per heavy atom. The lowest BCUT2D eigenvalue weighted by Gasteiger charge is -2.39. The Bertz CT molecular complexity index is 473. The molecule has 9 nitrogen and oxygen atoms in total. The molecule has 0 N–H and O–H groups in total. The van der Waals surface area contributed by atoms with Crippen LogP contribution >= 0.6 is 0 Å². The first-order chi connectivity index (χ1) is 10.7. The molecule has 3 atom stereocenters. The first-order valence-corrected chi connectivity index (χ1v) is 6.85. The van der Waals surface area contributed by atoms with Crippen molar-refractivity contribution in [1.29, 1.82) is 0 Å². The average Bonchev–Trinajstić information content (AvgIpc) is 2.39. The Labute approximate surface area is 133 Å². The number of esters is 4. The van der Waals surface area contributed by atoms with Crippen molar-refractivity contribution in [2.24, 2.45) is 0 Å². The van der Waals surface area contributed by atoms with Crippen LogP contribution in [0.5, 0.6) is 0 Å². The lowest BCUT2D eigenvalue weighted by molar-refractivity contribution is -0.204. The third kappa shape index (κ3) is 6.23. The summed E-state index contributed by atoms with van der Waals surface area (Å²) in [5, 5.41) is 0. The van der Waals surface area contributed by atoms with Crippen LogP contribution in [0.2, 0.25) is 0 Å². The Morgan fingerprint density at radius 3 is 2.04 bits per heavy atom. The normalized spacial score (nSPS) is 24.4. The molecule has 9 heteroatoms. The van der Waals surface area contributed by atoms with E-state index in [1.807, 2.05) is 0 Å². The van der Waals surface area contributed by atoms with E-state index in [2.05, 4.69) is 0 Å². The van der Waals surface area contributed by atoms with Gasteiger partial charge >= 0.3 is 23.9 Å². The summed E-state index contributed by atoms with van der Waals surface area (Å²) in [6.07, 6.45) is -3.14. The molecule has 1 fully saturated rings. The van der Waals surface area contributed by atoms with E-state index in [1.54, 1.807) is 0 Å². The van der Waals surface area contributed by atoms with Crippen LogP contribution in [0.4, 0.5) is 0 Å². The molecule has 1 heterocycles. The molecule has 0 aromatic carbocycles. The van der Waals surface area contributed by atoms with Gasteiger partial charge in [-0.05, 0) is 0 Å². The molecule has 0 unspecified atom stereocenters. The van der Waals surface area contributed by atoms with Crippen molar-refractivity contribution < 1.29 is 42.9 Å². The number of hydrogen-bond acceptors (Lipinski definition) is 9. The number of carbonyl (C=O) groups is 4. The maximum absolute atomic E-state index is 11.3. The molecule has 23 heavy (non-hydrogen) atoms. The highest BCUT2D eigenvalue weighted by molar-refractivity contribution is 5.69. The van der Waals surface area contributed by atoms with Crippen LogP contribution in [0.15, 0.2) is 0 Å². The van der Waals surface area contributed by atoms with Crippen LogP contribution in [0.25, 0.3) is 0 Å². The molecule has 0 spiro atoms. The molecule has 0 saturated carbocycles. The monoisotopic (exact) mass is 331 g/mol. The second-order valence-electron chi connectivity index (χ2n) is 4.80. The zero-order chi connectivity index (χ0) is 17.6. The first kappa shape index (κ1) is 18.9. The average molecular weight is 331 g/mol. The van der Waals surface area contributed by atoms with Gasteiger partial charge in [0.15, 0.2) is 12.2 Å². The lowest BCUT2D eigenvalue weighted by Crippen LogP contribution is -2.54. The molecule has 0 aromatic rings. The van der Waals surface area contributed by atoms with Crippen LogP contribution in [-0.4, -0.2) is 55.4 Å². The molecule has 1 radical (unpaired) electrons. The second kappa shape index (κ2) is 8.47. The SMILES string of the molecule is CC(=O)OC[C@H]1OC[C@@H](OC(C)=O)[C@@H](OC(C)=O)[C]1OC(C)=O. The van der Waals surface area contributed by atoms with Crippen LogP contribution in [0.1, 0.15) is 27.7 Å². The summed E-state index contributed by atoms with van der Waals surface area (Å²) in [5.41, 5.74) is 0. The van der Waals surface area contributed by atoms with Crippen molar-refractivity contribution in [2.75, 3.05) is 13.2 Å². The van der Waals surface area contributed by atoms with Crippen molar-refractivity contribution in [3.63, 3.8) is 0 Å². The van der Waals surface area contributed by atoms with E-state index in [1.165, 1.54) is 13.8 Å². The highest BCUT2D eigenvalue weighted by Crippen LogP contribution is 2.30. The lowest BCUT2D eigenvalue weighted by atomic mass is 9.99. The van der Waals surface area contributed by atoms with E-state index >= 15 is 0 Å². The van der Waals surface area contributed by atoms with Gasteiger partial charge < -0.3 is 23.7 Å². The smallest absolute Gasteiger partial charge is 0.303 e. The molecule has 0 aliphatic carbocycles. The van der Waals surface area contributed by atoms with Gasteiger partial charge in [-0.2, -0.15) is 0 Å². The first-order valence-electron chi connectivity index (χ1n) is 6.85. The number of ether oxygens (including phenoxy) is 5. The zero-order valence-corrected chi connectivity index (χ0v) is 13.3.